The minimum absolute atomic E-state index is 0.0109. The van der Waals surface area contributed by atoms with Crippen molar-refractivity contribution in [2.24, 2.45) is 5.92 Å². The fourth-order valence-electron chi connectivity index (χ4n) is 3.66. The van der Waals surface area contributed by atoms with E-state index < -0.39 is 10.0 Å². The van der Waals surface area contributed by atoms with Crippen LogP contribution in [0.15, 0.2) is 24.3 Å². The third-order valence-electron chi connectivity index (χ3n) is 5.08. The highest BCUT2D eigenvalue weighted by Crippen LogP contribution is 2.50. The zero-order chi connectivity index (χ0) is 16.6. The maximum atomic E-state index is 12.8. The first-order valence-corrected chi connectivity index (χ1v) is 9.85. The zero-order valence-electron chi connectivity index (χ0n) is 13.7. The predicted molar refractivity (Wildman–Crippen MR) is 89.6 cm³/mol. The van der Waals surface area contributed by atoms with Gasteiger partial charge in [-0.15, -0.1) is 0 Å². The summed E-state index contributed by atoms with van der Waals surface area (Å²) < 4.78 is 25.9. The molecule has 1 saturated carbocycles. The van der Waals surface area contributed by atoms with Crippen molar-refractivity contribution in [3.8, 4) is 0 Å². The van der Waals surface area contributed by atoms with E-state index in [0.717, 1.165) is 19.3 Å². The lowest BCUT2D eigenvalue weighted by atomic mass is 10.0. The normalized spacial score (nSPS) is 27.2. The molecular weight excluding hydrogens is 312 g/mol. The largest absolute Gasteiger partial charge is 0.338 e. The molecule has 1 aliphatic heterocycles. The number of amides is 1. The van der Waals surface area contributed by atoms with Gasteiger partial charge < -0.3 is 4.90 Å². The van der Waals surface area contributed by atoms with Gasteiger partial charge in [0.15, 0.2) is 0 Å². The summed E-state index contributed by atoms with van der Waals surface area (Å²) in [6, 6.07) is 8.02. The van der Waals surface area contributed by atoms with Crippen molar-refractivity contribution < 1.29 is 13.2 Å². The number of sulfonamides is 1. The topological polar surface area (TPSA) is 66.5 Å². The average Bonchev–Trinajstić information content (AvgIpc) is 3.19. The van der Waals surface area contributed by atoms with Gasteiger partial charge in [0.2, 0.25) is 15.9 Å². The molecule has 3 rings (SSSR count). The minimum atomic E-state index is -3.29. The van der Waals surface area contributed by atoms with Crippen molar-refractivity contribution in [2.75, 3.05) is 19.3 Å². The Balaban J connectivity index is 1.68. The van der Waals surface area contributed by atoms with Gasteiger partial charge in [0.1, 0.15) is 0 Å². The Morgan fingerprint density at radius 1 is 1.35 bits per heavy atom. The summed E-state index contributed by atoms with van der Waals surface area (Å²) in [6.45, 7) is 2.76. The van der Waals surface area contributed by atoms with Crippen LogP contribution in [0.25, 0.3) is 0 Å². The highest BCUT2D eigenvalue weighted by Gasteiger charge is 2.48. The van der Waals surface area contributed by atoms with Crippen molar-refractivity contribution in [3.63, 3.8) is 0 Å². The maximum absolute atomic E-state index is 12.8. The third-order valence-corrected chi connectivity index (χ3v) is 6.52. The van der Waals surface area contributed by atoms with Crippen LogP contribution in [0, 0.1) is 12.8 Å². The first-order valence-electron chi connectivity index (χ1n) is 8.20. The van der Waals surface area contributed by atoms with Crippen LogP contribution in [0.5, 0.6) is 0 Å². The van der Waals surface area contributed by atoms with Gasteiger partial charge in [-0.2, -0.15) is 0 Å². The van der Waals surface area contributed by atoms with Gasteiger partial charge in [0, 0.05) is 18.5 Å². The van der Waals surface area contributed by atoms with Crippen LogP contribution < -0.4 is 4.72 Å². The summed E-state index contributed by atoms with van der Waals surface area (Å²) in [5, 5.41) is 0. The second-order valence-electron chi connectivity index (χ2n) is 6.62. The standard InChI is InChI=1S/C17H24N2O3S/c1-12-6-3-4-8-14(12)15-10-16(15)17(20)19-9-5-7-13(19)11-23(21,22)18-2/h3-4,6,8,13,15-16,18H,5,7,9-11H2,1-2H3. The SMILES string of the molecule is CNS(=O)(=O)CC1CCCN1C(=O)C1CC1c1ccccc1C. The molecule has 0 bridgehead atoms. The van der Waals surface area contributed by atoms with E-state index in [9.17, 15) is 13.2 Å². The maximum Gasteiger partial charge on any atom is 0.226 e. The molecule has 5 nitrogen and oxygen atoms in total. The number of hydrogen-bond acceptors (Lipinski definition) is 3. The van der Waals surface area contributed by atoms with E-state index in [-0.39, 0.29) is 23.6 Å². The van der Waals surface area contributed by atoms with E-state index in [4.69, 9.17) is 0 Å². The average molecular weight is 336 g/mol. The quantitative estimate of drug-likeness (QED) is 0.889. The lowest BCUT2D eigenvalue weighted by molar-refractivity contribution is -0.133. The molecule has 3 unspecified atom stereocenters. The van der Waals surface area contributed by atoms with Gasteiger partial charge in [-0.3, -0.25) is 4.79 Å². The van der Waals surface area contributed by atoms with E-state index in [1.165, 1.54) is 18.2 Å². The fraction of sp³-hybridized carbons (Fsp3) is 0.588. The van der Waals surface area contributed by atoms with Crippen molar-refractivity contribution >= 4 is 15.9 Å². The number of nitrogens with zero attached hydrogens (tertiary/aromatic N) is 1. The molecule has 6 heteroatoms. The van der Waals surface area contributed by atoms with Gasteiger partial charge >= 0.3 is 0 Å². The van der Waals surface area contributed by atoms with E-state index in [1.54, 1.807) is 4.90 Å². The Hall–Kier alpha value is -1.40. The van der Waals surface area contributed by atoms with Crippen LogP contribution >= 0.6 is 0 Å². The highest BCUT2D eigenvalue weighted by molar-refractivity contribution is 7.89. The van der Waals surface area contributed by atoms with Crippen LogP contribution in [-0.4, -0.2) is 44.6 Å². The Bertz CT molecular complexity index is 702. The molecule has 1 aromatic rings. The molecule has 1 N–H and O–H groups in total. The van der Waals surface area contributed by atoms with Crippen molar-refractivity contribution in [3.05, 3.63) is 35.4 Å². The van der Waals surface area contributed by atoms with Crippen molar-refractivity contribution in [1.29, 1.82) is 0 Å². The molecule has 126 valence electrons. The number of likely N-dealkylation sites (tertiary alicyclic amines) is 1. The van der Waals surface area contributed by atoms with E-state index in [0.29, 0.717) is 12.5 Å². The number of hydrogen-bond donors (Lipinski definition) is 1. The van der Waals surface area contributed by atoms with Crippen LogP contribution in [-0.2, 0) is 14.8 Å². The van der Waals surface area contributed by atoms with E-state index >= 15 is 0 Å². The van der Waals surface area contributed by atoms with Gasteiger partial charge in [-0.1, -0.05) is 24.3 Å². The highest BCUT2D eigenvalue weighted by atomic mass is 32.2. The molecule has 0 spiro atoms. The minimum Gasteiger partial charge on any atom is -0.338 e. The molecule has 1 aliphatic carbocycles. The van der Waals surface area contributed by atoms with Crippen LogP contribution in [0.4, 0.5) is 0 Å². The molecule has 1 saturated heterocycles. The smallest absolute Gasteiger partial charge is 0.226 e. The monoisotopic (exact) mass is 336 g/mol. The van der Waals surface area contributed by atoms with Gasteiger partial charge in [0.05, 0.1) is 5.75 Å². The summed E-state index contributed by atoms with van der Waals surface area (Å²) in [6.07, 6.45) is 2.54. The number of benzene rings is 1. The summed E-state index contributed by atoms with van der Waals surface area (Å²) >= 11 is 0. The lowest BCUT2D eigenvalue weighted by Crippen LogP contribution is -2.42. The zero-order valence-corrected chi connectivity index (χ0v) is 14.5. The Kier molecular flexibility index (Phi) is 4.47. The lowest BCUT2D eigenvalue weighted by Gasteiger charge is -2.24. The van der Waals surface area contributed by atoms with Crippen LogP contribution in [0.3, 0.4) is 0 Å². The van der Waals surface area contributed by atoms with Crippen molar-refractivity contribution in [1.82, 2.24) is 9.62 Å². The fourth-order valence-corrected chi connectivity index (χ4v) is 4.68. The number of nitrogens with one attached hydrogen (secondary N) is 1. The molecule has 2 fully saturated rings. The Labute approximate surface area is 138 Å². The Morgan fingerprint density at radius 3 is 2.78 bits per heavy atom. The van der Waals surface area contributed by atoms with Gasteiger partial charge in [-0.05, 0) is 50.3 Å². The number of rotatable bonds is 5. The van der Waals surface area contributed by atoms with Gasteiger partial charge in [0.25, 0.3) is 0 Å². The second kappa shape index (κ2) is 6.24. The molecule has 0 radical (unpaired) electrons. The molecule has 3 atom stereocenters. The number of carbonyl (C=O) groups excluding carboxylic acids is 1. The van der Waals surface area contributed by atoms with E-state index in [1.807, 2.05) is 12.1 Å². The molecule has 1 heterocycles. The predicted octanol–water partition coefficient (Wildman–Crippen LogP) is 1.64. The summed E-state index contributed by atoms with van der Waals surface area (Å²) in [7, 11) is -1.87. The molecule has 1 amide bonds. The molecule has 0 aromatic heterocycles. The molecule has 23 heavy (non-hydrogen) atoms. The van der Waals surface area contributed by atoms with E-state index in [2.05, 4.69) is 23.8 Å². The Morgan fingerprint density at radius 2 is 2.09 bits per heavy atom. The number of aryl methyl sites for hydroxylation is 1. The third kappa shape index (κ3) is 3.43. The molecule has 1 aromatic carbocycles. The number of carbonyl (C=O) groups is 1. The van der Waals surface area contributed by atoms with Crippen LogP contribution in [0.2, 0.25) is 0 Å². The second-order valence-corrected chi connectivity index (χ2v) is 8.59. The van der Waals surface area contributed by atoms with Crippen molar-refractivity contribution in [2.45, 2.75) is 38.1 Å². The molecular formula is C17H24N2O3S. The first kappa shape index (κ1) is 16.5. The molecule has 2 aliphatic rings. The summed E-state index contributed by atoms with van der Waals surface area (Å²) in [4.78, 5) is 14.6. The van der Waals surface area contributed by atoms with Gasteiger partial charge in [-0.25, -0.2) is 13.1 Å². The van der Waals surface area contributed by atoms with Crippen LogP contribution in [0.1, 0.15) is 36.3 Å². The first-order chi connectivity index (χ1) is 10.9. The summed E-state index contributed by atoms with van der Waals surface area (Å²) in [5.41, 5.74) is 2.48. The summed E-state index contributed by atoms with van der Waals surface area (Å²) in [5.74, 6) is 0.462.